The van der Waals surface area contributed by atoms with Crippen LogP contribution in [-0.2, 0) is 4.79 Å². The van der Waals surface area contributed by atoms with Crippen molar-refractivity contribution >= 4 is 46.2 Å². The minimum atomic E-state index is -1.01. The van der Waals surface area contributed by atoms with Crippen LogP contribution in [0.4, 0.5) is 4.39 Å². The summed E-state index contributed by atoms with van der Waals surface area (Å²) in [7, 11) is 0. The number of halogens is 2. The minimum Gasteiger partial charge on any atom is -0.480 e. The molecule has 0 saturated carbocycles. The van der Waals surface area contributed by atoms with Crippen LogP contribution in [0.5, 0.6) is 0 Å². The van der Waals surface area contributed by atoms with E-state index in [2.05, 4.69) is 0 Å². The molecule has 1 amide bonds. The first-order valence-corrected chi connectivity index (χ1v) is 7.66. The summed E-state index contributed by atoms with van der Waals surface area (Å²) in [5.74, 6) is -1.42. The van der Waals surface area contributed by atoms with E-state index in [-0.39, 0.29) is 11.3 Å². The zero-order chi connectivity index (χ0) is 14.2. The standard InChI is InChI=1S/C12H11FINO3S/c1-6-15(10(5-19-6)12(17)18)11(16)8-3-2-7(13)4-9(8)14/h2-4,6,10H,5H2,1H3,(H,17,18). The first kappa shape index (κ1) is 14.6. The largest absolute Gasteiger partial charge is 0.480 e. The highest BCUT2D eigenvalue weighted by atomic mass is 127. The van der Waals surface area contributed by atoms with Gasteiger partial charge in [0.05, 0.1) is 10.9 Å². The van der Waals surface area contributed by atoms with Gasteiger partial charge in [-0.25, -0.2) is 9.18 Å². The number of carbonyl (C=O) groups excluding carboxylic acids is 1. The van der Waals surface area contributed by atoms with Gasteiger partial charge in [0, 0.05) is 9.32 Å². The van der Waals surface area contributed by atoms with E-state index >= 15 is 0 Å². The third kappa shape index (κ3) is 2.86. The molecule has 0 bridgehead atoms. The van der Waals surface area contributed by atoms with Crippen molar-refractivity contribution in [3.8, 4) is 0 Å². The summed E-state index contributed by atoms with van der Waals surface area (Å²) in [4.78, 5) is 24.9. The number of carboxylic acid groups (broad SMARTS) is 1. The maximum Gasteiger partial charge on any atom is 0.327 e. The number of carbonyl (C=O) groups is 2. The first-order valence-electron chi connectivity index (χ1n) is 5.54. The lowest BCUT2D eigenvalue weighted by atomic mass is 10.1. The molecule has 2 atom stereocenters. The molecule has 0 radical (unpaired) electrons. The number of amides is 1. The third-order valence-electron chi connectivity index (χ3n) is 2.90. The fourth-order valence-electron chi connectivity index (χ4n) is 1.94. The Morgan fingerprint density at radius 1 is 1.53 bits per heavy atom. The number of benzene rings is 1. The highest BCUT2D eigenvalue weighted by molar-refractivity contribution is 14.1. The van der Waals surface area contributed by atoms with Crippen LogP contribution in [0, 0.1) is 9.39 Å². The Balaban J connectivity index is 2.34. The number of rotatable bonds is 2. The van der Waals surface area contributed by atoms with Gasteiger partial charge in [0.15, 0.2) is 0 Å². The molecule has 19 heavy (non-hydrogen) atoms. The third-order valence-corrected chi connectivity index (χ3v) is 5.01. The molecule has 4 nitrogen and oxygen atoms in total. The van der Waals surface area contributed by atoms with E-state index in [4.69, 9.17) is 5.11 Å². The summed E-state index contributed by atoms with van der Waals surface area (Å²) in [5.41, 5.74) is 0.336. The smallest absolute Gasteiger partial charge is 0.327 e. The minimum absolute atomic E-state index is 0.200. The number of hydrogen-bond donors (Lipinski definition) is 1. The van der Waals surface area contributed by atoms with E-state index < -0.39 is 17.8 Å². The number of hydrogen-bond acceptors (Lipinski definition) is 3. The van der Waals surface area contributed by atoms with E-state index in [0.717, 1.165) is 0 Å². The van der Waals surface area contributed by atoms with Crippen molar-refractivity contribution in [2.45, 2.75) is 18.3 Å². The monoisotopic (exact) mass is 395 g/mol. The summed E-state index contributed by atoms with van der Waals surface area (Å²) in [6.07, 6.45) is 0. The Bertz CT molecular complexity index is 540. The molecular weight excluding hydrogens is 384 g/mol. The molecule has 1 aliphatic heterocycles. The van der Waals surface area contributed by atoms with Gasteiger partial charge in [0.25, 0.3) is 5.91 Å². The van der Waals surface area contributed by atoms with Crippen LogP contribution in [0.25, 0.3) is 0 Å². The zero-order valence-corrected chi connectivity index (χ0v) is 12.9. The molecular formula is C12H11FINO3S. The fraction of sp³-hybridized carbons (Fsp3) is 0.333. The highest BCUT2D eigenvalue weighted by Gasteiger charge is 2.40. The van der Waals surface area contributed by atoms with Crippen LogP contribution in [0.1, 0.15) is 17.3 Å². The van der Waals surface area contributed by atoms with Crippen molar-refractivity contribution in [1.82, 2.24) is 4.90 Å². The molecule has 2 unspecified atom stereocenters. The van der Waals surface area contributed by atoms with Crippen LogP contribution in [-0.4, -0.2) is 39.1 Å². The predicted octanol–water partition coefficient (Wildman–Crippen LogP) is 2.42. The number of nitrogens with zero attached hydrogens (tertiary/aromatic N) is 1. The quantitative estimate of drug-likeness (QED) is 0.782. The SMILES string of the molecule is CC1SCC(C(=O)O)N1C(=O)c1ccc(F)cc1I. The first-order chi connectivity index (χ1) is 8.91. The molecule has 1 aromatic carbocycles. The van der Waals surface area contributed by atoms with E-state index in [1.165, 1.54) is 34.9 Å². The van der Waals surface area contributed by atoms with Gasteiger partial charge < -0.3 is 10.0 Å². The molecule has 1 aromatic rings. The molecule has 0 aliphatic carbocycles. The summed E-state index contributed by atoms with van der Waals surface area (Å²) < 4.78 is 13.5. The lowest BCUT2D eigenvalue weighted by Crippen LogP contribution is -2.45. The summed E-state index contributed by atoms with van der Waals surface area (Å²) in [6, 6.07) is 3.04. The van der Waals surface area contributed by atoms with Gasteiger partial charge in [-0.15, -0.1) is 11.8 Å². The Labute approximate surface area is 127 Å². The molecule has 7 heteroatoms. The van der Waals surface area contributed by atoms with E-state index in [0.29, 0.717) is 14.9 Å². The van der Waals surface area contributed by atoms with Crippen LogP contribution in [0.2, 0.25) is 0 Å². The Kier molecular flexibility index (Phi) is 4.34. The fourth-order valence-corrected chi connectivity index (χ4v) is 3.82. The van der Waals surface area contributed by atoms with Crippen LogP contribution >= 0.6 is 34.4 Å². The molecule has 1 fully saturated rings. The van der Waals surface area contributed by atoms with Gasteiger partial charge in [0.2, 0.25) is 0 Å². The normalized spacial score (nSPS) is 22.6. The molecule has 0 spiro atoms. The van der Waals surface area contributed by atoms with E-state index in [1.807, 2.05) is 22.6 Å². The summed E-state index contributed by atoms with van der Waals surface area (Å²) in [5, 5.41) is 8.94. The Morgan fingerprint density at radius 2 is 2.21 bits per heavy atom. The maximum atomic E-state index is 13.0. The number of thioether (sulfide) groups is 1. The second-order valence-corrected chi connectivity index (χ2v) is 6.63. The topological polar surface area (TPSA) is 57.6 Å². The Hall–Kier alpha value is -0.830. The van der Waals surface area contributed by atoms with Gasteiger partial charge in [-0.1, -0.05) is 0 Å². The molecule has 1 aliphatic rings. The van der Waals surface area contributed by atoms with Crippen LogP contribution in [0.15, 0.2) is 18.2 Å². The molecule has 1 heterocycles. The van der Waals surface area contributed by atoms with Crippen molar-refractivity contribution in [2.75, 3.05) is 5.75 Å². The average Bonchev–Trinajstić information content (AvgIpc) is 2.70. The molecule has 1 saturated heterocycles. The van der Waals surface area contributed by atoms with E-state index in [1.54, 1.807) is 6.92 Å². The molecule has 2 rings (SSSR count). The lowest BCUT2D eigenvalue weighted by molar-refractivity contribution is -0.141. The zero-order valence-electron chi connectivity index (χ0n) is 9.97. The summed E-state index contributed by atoms with van der Waals surface area (Å²) in [6.45, 7) is 1.79. The molecule has 1 N–H and O–H groups in total. The van der Waals surface area contributed by atoms with Crippen molar-refractivity contribution in [1.29, 1.82) is 0 Å². The van der Waals surface area contributed by atoms with Gasteiger partial charge >= 0.3 is 5.97 Å². The summed E-state index contributed by atoms with van der Waals surface area (Å²) >= 11 is 3.30. The highest BCUT2D eigenvalue weighted by Crippen LogP contribution is 2.31. The lowest BCUT2D eigenvalue weighted by Gasteiger charge is -2.25. The Morgan fingerprint density at radius 3 is 2.79 bits per heavy atom. The van der Waals surface area contributed by atoms with Crippen LogP contribution in [0.3, 0.4) is 0 Å². The van der Waals surface area contributed by atoms with Crippen molar-refractivity contribution in [3.05, 3.63) is 33.1 Å². The average molecular weight is 395 g/mol. The molecule has 0 aromatic heterocycles. The second-order valence-electron chi connectivity index (χ2n) is 4.12. The van der Waals surface area contributed by atoms with Crippen LogP contribution < -0.4 is 0 Å². The van der Waals surface area contributed by atoms with Gasteiger partial charge in [0.1, 0.15) is 11.9 Å². The second kappa shape index (κ2) is 5.66. The number of carboxylic acids is 1. The van der Waals surface area contributed by atoms with Gasteiger partial charge in [-0.05, 0) is 47.7 Å². The van der Waals surface area contributed by atoms with E-state index in [9.17, 15) is 14.0 Å². The number of aliphatic carboxylic acids is 1. The van der Waals surface area contributed by atoms with Crippen molar-refractivity contribution in [3.63, 3.8) is 0 Å². The molecule has 102 valence electrons. The van der Waals surface area contributed by atoms with Crippen molar-refractivity contribution in [2.24, 2.45) is 0 Å². The maximum absolute atomic E-state index is 13.0. The van der Waals surface area contributed by atoms with Gasteiger partial charge in [-0.2, -0.15) is 0 Å². The van der Waals surface area contributed by atoms with Crippen molar-refractivity contribution < 1.29 is 19.1 Å². The van der Waals surface area contributed by atoms with Gasteiger partial charge in [-0.3, -0.25) is 4.79 Å². The predicted molar refractivity (Wildman–Crippen MR) is 78.6 cm³/mol.